The van der Waals surface area contributed by atoms with Crippen molar-refractivity contribution < 1.29 is 5.11 Å². The summed E-state index contributed by atoms with van der Waals surface area (Å²) in [6, 6.07) is 11.5. The fraction of sp³-hybridized carbons (Fsp3) is 0.118. The van der Waals surface area contributed by atoms with Gasteiger partial charge in [-0.3, -0.25) is 0 Å². The molecule has 0 radical (unpaired) electrons. The highest BCUT2D eigenvalue weighted by Crippen LogP contribution is 2.31. The molecule has 3 rings (SSSR count). The Balaban J connectivity index is 2.24. The van der Waals surface area contributed by atoms with Gasteiger partial charge in [0.1, 0.15) is 23.0 Å². The van der Waals surface area contributed by atoms with Gasteiger partial charge in [-0.2, -0.15) is 0 Å². The van der Waals surface area contributed by atoms with Gasteiger partial charge in [0.05, 0.1) is 17.6 Å². The number of aryl methyl sites for hydroxylation is 2. The van der Waals surface area contributed by atoms with Crippen molar-refractivity contribution in [1.82, 2.24) is 15.0 Å². The standard InChI is InChI=1S/C17H16N4O/c1-10-8-13(20-11(2)17(10)22)16-15(21-14(18)9-19-16)12-6-4-3-5-7-12/h3-9,22H,1-2H3,(H2,18,21). The minimum Gasteiger partial charge on any atom is -0.506 e. The van der Waals surface area contributed by atoms with Crippen molar-refractivity contribution in [1.29, 1.82) is 0 Å². The van der Waals surface area contributed by atoms with Gasteiger partial charge in [0.2, 0.25) is 0 Å². The smallest absolute Gasteiger partial charge is 0.142 e. The Bertz CT molecular complexity index is 808. The Morgan fingerprint density at radius 2 is 1.73 bits per heavy atom. The van der Waals surface area contributed by atoms with E-state index in [1.807, 2.05) is 37.3 Å². The number of anilines is 1. The van der Waals surface area contributed by atoms with Gasteiger partial charge >= 0.3 is 0 Å². The molecule has 0 aliphatic heterocycles. The number of benzene rings is 1. The van der Waals surface area contributed by atoms with Gasteiger partial charge < -0.3 is 10.8 Å². The minimum absolute atomic E-state index is 0.202. The van der Waals surface area contributed by atoms with Crippen molar-refractivity contribution >= 4 is 5.82 Å². The van der Waals surface area contributed by atoms with Crippen LogP contribution in [0.4, 0.5) is 5.82 Å². The van der Waals surface area contributed by atoms with Crippen LogP contribution < -0.4 is 5.73 Å². The van der Waals surface area contributed by atoms with E-state index in [-0.39, 0.29) is 5.75 Å². The zero-order valence-electron chi connectivity index (χ0n) is 12.4. The molecule has 0 aliphatic rings. The highest BCUT2D eigenvalue weighted by molar-refractivity contribution is 5.77. The lowest BCUT2D eigenvalue weighted by atomic mass is 10.1. The summed E-state index contributed by atoms with van der Waals surface area (Å²) >= 11 is 0. The van der Waals surface area contributed by atoms with Crippen LogP contribution in [-0.2, 0) is 0 Å². The van der Waals surface area contributed by atoms with Gasteiger partial charge in [0.25, 0.3) is 0 Å². The summed E-state index contributed by atoms with van der Waals surface area (Å²) in [7, 11) is 0. The third-order valence-corrected chi connectivity index (χ3v) is 3.44. The molecule has 3 N–H and O–H groups in total. The van der Waals surface area contributed by atoms with Crippen molar-refractivity contribution in [2.75, 3.05) is 5.73 Å². The van der Waals surface area contributed by atoms with Crippen LogP contribution in [0.25, 0.3) is 22.6 Å². The van der Waals surface area contributed by atoms with E-state index < -0.39 is 0 Å². The first kappa shape index (κ1) is 14.0. The zero-order valence-corrected chi connectivity index (χ0v) is 12.4. The van der Waals surface area contributed by atoms with Crippen LogP contribution >= 0.6 is 0 Å². The number of hydrogen-bond donors (Lipinski definition) is 2. The molecule has 2 heterocycles. The highest BCUT2D eigenvalue weighted by Gasteiger charge is 2.15. The van der Waals surface area contributed by atoms with Crippen molar-refractivity contribution in [3.05, 3.63) is 53.9 Å². The SMILES string of the molecule is Cc1cc(-c2ncc(N)nc2-c2ccccc2)nc(C)c1O. The Labute approximate surface area is 128 Å². The van der Waals surface area contributed by atoms with Gasteiger partial charge in [-0.05, 0) is 25.5 Å². The maximum atomic E-state index is 9.89. The zero-order chi connectivity index (χ0) is 15.7. The molecular weight excluding hydrogens is 276 g/mol. The summed E-state index contributed by atoms with van der Waals surface area (Å²) in [6.07, 6.45) is 1.51. The molecule has 5 heteroatoms. The lowest BCUT2D eigenvalue weighted by Crippen LogP contribution is -2.00. The molecule has 0 aliphatic carbocycles. The average Bonchev–Trinajstić information content (AvgIpc) is 2.53. The van der Waals surface area contributed by atoms with E-state index in [9.17, 15) is 5.11 Å². The summed E-state index contributed by atoms with van der Waals surface area (Å²) in [5.41, 5.74) is 10.0. The maximum Gasteiger partial charge on any atom is 0.142 e. The third kappa shape index (κ3) is 2.48. The van der Waals surface area contributed by atoms with Gasteiger partial charge in [-0.1, -0.05) is 30.3 Å². The third-order valence-electron chi connectivity index (χ3n) is 3.44. The molecule has 0 unspecified atom stereocenters. The van der Waals surface area contributed by atoms with Crippen LogP contribution in [0.3, 0.4) is 0 Å². The van der Waals surface area contributed by atoms with Crippen molar-refractivity contribution in [2.45, 2.75) is 13.8 Å². The molecule has 5 nitrogen and oxygen atoms in total. The van der Waals surface area contributed by atoms with E-state index in [4.69, 9.17) is 5.73 Å². The molecular formula is C17H16N4O. The van der Waals surface area contributed by atoms with Gasteiger partial charge in [-0.15, -0.1) is 0 Å². The van der Waals surface area contributed by atoms with Crippen molar-refractivity contribution in [3.63, 3.8) is 0 Å². The van der Waals surface area contributed by atoms with Crippen LogP contribution in [0.5, 0.6) is 5.75 Å². The number of rotatable bonds is 2. The highest BCUT2D eigenvalue weighted by atomic mass is 16.3. The van der Waals surface area contributed by atoms with Gasteiger partial charge in [0, 0.05) is 5.56 Å². The molecule has 0 amide bonds. The van der Waals surface area contributed by atoms with E-state index in [1.54, 1.807) is 13.0 Å². The number of nitrogens with two attached hydrogens (primary N) is 1. The minimum atomic E-state index is 0.202. The lowest BCUT2D eigenvalue weighted by molar-refractivity contribution is 0.463. The summed E-state index contributed by atoms with van der Waals surface area (Å²) < 4.78 is 0. The molecule has 0 spiro atoms. The molecule has 0 atom stereocenters. The van der Waals surface area contributed by atoms with E-state index >= 15 is 0 Å². The fourth-order valence-corrected chi connectivity index (χ4v) is 2.33. The average molecular weight is 292 g/mol. The van der Waals surface area contributed by atoms with Crippen LogP contribution in [-0.4, -0.2) is 20.1 Å². The topological polar surface area (TPSA) is 84.9 Å². The number of nitrogen functional groups attached to an aromatic ring is 1. The molecule has 0 saturated heterocycles. The summed E-state index contributed by atoms with van der Waals surface area (Å²) in [6.45, 7) is 3.60. The van der Waals surface area contributed by atoms with Crippen LogP contribution in [0.2, 0.25) is 0 Å². The predicted molar refractivity (Wildman–Crippen MR) is 86.3 cm³/mol. The first-order chi connectivity index (χ1) is 10.6. The molecule has 2 aromatic heterocycles. The predicted octanol–water partition coefficient (Wildman–Crippen LogP) is 3.11. The molecule has 22 heavy (non-hydrogen) atoms. The number of hydrogen-bond acceptors (Lipinski definition) is 5. The monoisotopic (exact) mass is 292 g/mol. The van der Waals surface area contributed by atoms with Crippen LogP contribution in [0, 0.1) is 13.8 Å². The molecule has 1 aromatic carbocycles. The summed E-state index contributed by atoms with van der Waals surface area (Å²) in [4.78, 5) is 13.2. The first-order valence-electron chi connectivity index (χ1n) is 6.92. The Hall–Kier alpha value is -2.95. The largest absolute Gasteiger partial charge is 0.506 e. The van der Waals surface area contributed by atoms with E-state index in [1.165, 1.54) is 6.20 Å². The molecule has 0 bridgehead atoms. The number of aromatic nitrogens is 3. The van der Waals surface area contributed by atoms with E-state index in [0.29, 0.717) is 28.6 Å². The number of pyridine rings is 1. The Morgan fingerprint density at radius 1 is 1.00 bits per heavy atom. The second-order valence-electron chi connectivity index (χ2n) is 5.12. The molecule has 0 fully saturated rings. The van der Waals surface area contributed by atoms with Crippen molar-refractivity contribution in [2.24, 2.45) is 0 Å². The lowest BCUT2D eigenvalue weighted by Gasteiger charge is -2.11. The Morgan fingerprint density at radius 3 is 2.41 bits per heavy atom. The normalized spacial score (nSPS) is 10.6. The van der Waals surface area contributed by atoms with Gasteiger partial charge in [0.15, 0.2) is 0 Å². The van der Waals surface area contributed by atoms with Crippen LogP contribution in [0.1, 0.15) is 11.3 Å². The molecule has 3 aromatic rings. The quantitative estimate of drug-likeness (QED) is 0.758. The van der Waals surface area contributed by atoms with E-state index in [2.05, 4.69) is 15.0 Å². The second kappa shape index (κ2) is 5.44. The number of aromatic hydroxyl groups is 1. The molecule has 110 valence electrons. The number of nitrogens with zero attached hydrogens (tertiary/aromatic N) is 3. The van der Waals surface area contributed by atoms with Gasteiger partial charge in [-0.25, -0.2) is 15.0 Å². The second-order valence-corrected chi connectivity index (χ2v) is 5.12. The summed E-state index contributed by atoms with van der Waals surface area (Å²) in [5.74, 6) is 0.559. The first-order valence-corrected chi connectivity index (χ1v) is 6.92. The van der Waals surface area contributed by atoms with E-state index in [0.717, 1.165) is 11.1 Å². The van der Waals surface area contributed by atoms with Crippen molar-refractivity contribution in [3.8, 4) is 28.4 Å². The summed E-state index contributed by atoms with van der Waals surface area (Å²) in [5, 5.41) is 9.89. The fourth-order valence-electron chi connectivity index (χ4n) is 2.33. The van der Waals surface area contributed by atoms with Crippen LogP contribution in [0.15, 0.2) is 42.6 Å². The molecule has 0 saturated carbocycles. The maximum absolute atomic E-state index is 9.89. The Kier molecular flexibility index (Phi) is 3.47.